The highest BCUT2D eigenvalue weighted by molar-refractivity contribution is 7.98. The minimum atomic E-state index is 0.706. The zero-order valence-electron chi connectivity index (χ0n) is 15.8. The normalized spacial score (nSPS) is 11.0. The molecule has 0 N–H and O–H groups in total. The van der Waals surface area contributed by atoms with Gasteiger partial charge in [-0.15, -0.1) is 16.4 Å². The van der Waals surface area contributed by atoms with E-state index in [4.69, 9.17) is 9.72 Å². The van der Waals surface area contributed by atoms with Gasteiger partial charge in [-0.05, 0) is 65.7 Å². The molecule has 6 nitrogen and oxygen atoms in total. The molecule has 0 spiro atoms. The van der Waals surface area contributed by atoms with Crippen LogP contribution in [0.3, 0.4) is 0 Å². The summed E-state index contributed by atoms with van der Waals surface area (Å²) in [6.07, 6.45) is 0. The number of hydrogen-bond acceptors (Lipinski definition) is 7. The van der Waals surface area contributed by atoms with E-state index in [-0.39, 0.29) is 0 Å². The Kier molecular flexibility index (Phi) is 5.40. The van der Waals surface area contributed by atoms with E-state index in [1.54, 1.807) is 34.9 Å². The predicted octanol–water partition coefficient (Wildman–Crippen LogP) is 4.70. The number of hydrogen-bond donors (Lipinski definition) is 0. The molecule has 4 rings (SSSR count). The largest absolute Gasteiger partial charge is 0.497 e. The summed E-state index contributed by atoms with van der Waals surface area (Å²) in [5.41, 5.74) is 5.41. The predicted molar refractivity (Wildman–Crippen MR) is 112 cm³/mol. The minimum Gasteiger partial charge on any atom is -0.497 e. The van der Waals surface area contributed by atoms with Gasteiger partial charge in [0.25, 0.3) is 0 Å². The van der Waals surface area contributed by atoms with Crippen molar-refractivity contribution in [2.24, 2.45) is 0 Å². The summed E-state index contributed by atoms with van der Waals surface area (Å²) < 4.78 is 7.01. The van der Waals surface area contributed by atoms with Gasteiger partial charge in [-0.3, -0.25) is 0 Å². The Labute approximate surface area is 171 Å². The molecule has 0 saturated carbocycles. The number of thioether (sulfide) groups is 1. The second-order valence-electron chi connectivity index (χ2n) is 6.32. The number of aromatic nitrogens is 5. The molecular weight excluding hydrogens is 390 g/mol. The van der Waals surface area contributed by atoms with Gasteiger partial charge >= 0.3 is 0 Å². The van der Waals surface area contributed by atoms with Gasteiger partial charge in [0.15, 0.2) is 0 Å². The lowest BCUT2D eigenvalue weighted by Crippen LogP contribution is -2.02. The first-order chi connectivity index (χ1) is 13.6. The maximum Gasteiger partial charge on any atom is 0.214 e. The lowest BCUT2D eigenvalue weighted by atomic mass is 10.1. The van der Waals surface area contributed by atoms with Crippen LogP contribution in [0.2, 0.25) is 0 Å². The maximum absolute atomic E-state index is 5.21. The van der Waals surface area contributed by atoms with Crippen LogP contribution in [0, 0.1) is 13.8 Å². The van der Waals surface area contributed by atoms with Crippen molar-refractivity contribution in [3.63, 3.8) is 0 Å². The van der Waals surface area contributed by atoms with Crippen LogP contribution in [0.4, 0.5) is 0 Å². The van der Waals surface area contributed by atoms with E-state index in [9.17, 15) is 0 Å². The molecule has 0 fully saturated rings. The molecular formula is C20H19N5OS2. The van der Waals surface area contributed by atoms with Crippen molar-refractivity contribution in [2.75, 3.05) is 7.11 Å². The summed E-state index contributed by atoms with van der Waals surface area (Å²) >= 11 is 3.22. The molecule has 28 heavy (non-hydrogen) atoms. The van der Waals surface area contributed by atoms with E-state index in [1.807, 2.05) is 24.3 Å². The van der Waals surface area contributed by atoms with Crippen LogP contribution in [0.5, 0.6) is 5.75 Å². The van der Waals surface area contributed by atoms with Gasteiger partial charge in [0, 0.05) is 16.7 Å². The number of rotatable bonds is 6. The molecule has 142 valence electrons. The fraction of sp³-hybridized carbons (Fsp3) is 0.200. The highest BCUT2D eigenvalue weighted by atomic mass is 32.2. The van der Waals surface area contributed by atoms with Crippen molar-refractivity contribution in [1.29, 1.82) is 0 Å². The zero-order valence-corrected chi connectivity index (χ0v) is 17.4. The monoisotopic (exact) mass is 409 g/mol. The van der Waals surface area contributed by atoms with E-state index < -0.39 is 0 Å². The highest BCUT2D eigenvalue weighted by Crippen LogP contribution is 2.29. The first kappa shape index (κ1) is 18.6. The third-order valence-electron chi connectivity index (χ3n) is 4.27. The smallest absolute Gasteiger partial charge is 0.214 e. The standard InChI is InChI=1S/C20H19N5OS2/c1-13-4-5-14(2)18(10-13)25-20(22-23-24-25)28-12-16-11-27-19(21-16)15-6-8-17(26-3)9-7-15/h4-11H,12H2,1-3H3. The maximum atomic E-state index is 5.21. The second kappa shape index (κ2) is 8.12. The topological polar surface area (TPSA) is 65.7 Å². The van der Waals surface area contributed by atoms with Gasteiger partial charge in [-0.2, -0.15) is 4.68 Å². The fourth-order valence-electron chi connectivity index (χ4n) is 2.75. The summed E-state index contributed by atoms with van der Waals surface area (Å²) in [6.45, 7) is 4.13. The number of nitrogens with zero attached hydrogens (tertiary/aromatic N) is 5. The van der Waals surface area contributed by atoms with Crippen molar-refractivity contribution in [3.05, 3.63) is 64.7 Å². The molecule has 0 atom stereocenters. The Bertz CT molecular complexity index is 1090. The number of tetrazole rings is 1. The number of thiazole rings is 1. The Hall–Kier alpha value is -2.71. The molecule has 4 aromatic rings. The molecule has 2 aromatic heterocycles. The minimum absolute atomic E-state index is 0.706. The summed E-state index contributed by atoms with van der Waals surface area (Å²) in [6, 6.07) is 14.2. The van der Waals surface area contributed by atoms with Crippen LogP contribution in [0.1, 0.15) is 16.8 Å². The Morgan fingerprint density at radius 3 is 2.71 bits per heavy atom. The van der Waals surface area contributed by atoms with Gasteiger partial charge < -0.3 is 4.74 Å². The molecule has 0 unspecified atom stereocenters. The van der Waals surface area contributed by atoms with Crippen molar-refractivity contribution in [1.82, 2.24) is 25.2 Å². The summed E-state index contributed by atoms with van der Waals surface area (Å²) in [7, 11) is 1.67. The first-order valence-electron chi connectivity index (χ1n) is 8.71. The highest BCUT2D eigenvalue weighted by Gasteiger charge is 2.13. The first-order valence-corrected chi connectivity index (χ1v) is 10.6. The van der Waals surface area contributed by atoms with E-state index in [0.717, 1.165) is 38.4 Å². The number of aryl methyl sites for hydroxylation is 2. The molecule has 2 heterocycles. The summed E-state index contributed by atoms with van der Waals surface area (Å²) in [4.78, 5) is 4.75. The number of ether oxygens (including phenoxy) is 1. The van der Waals surface area contributed by atoms with Crippen LogP contribution in [-0.2, 0) is 5.75 Å². The van der Waals surface area contributed by atoms with Gasteiger partial charge in [-0.25, -0.2) is 4.98 Å². The number of methoxy groups -OCH3 is 1. The van der Waals surface area contributed by atoms with Crippen molar-refractivity contribution >= 4 is 23.1 Å². The molecule has 8 heteroatoms. The van der Waals surface area contributed by atoms with Crippen molar-refractivity contribution < 1.29 is 4.74 Å². The van der Waals surface area contributed by atoms with Crippen molar-refractivity contribution in [2.45, 2.75) is 24.8 Å². The second-order valence-corrected chi connectivity index (χ2v) is 8.12. The van der Waals surface area contributed by atoms with Gasteiger partial charge in [0.1, 0.15) is 10.8 Å². The van der Waals surface area contributed by atoms with Gasteiger partial charge in [0.2, 0.25) is 5.16 Å². The van der Waals surface area contributed by atoms with Crippen molar-refractivity contribution in [3.8, 4) is 22.0 Å². The molecule has 0 aliphatic rings. The van der Waals surface area contributed by atoms with Crippen LogP contribution in [0.15, 0.2) is 53.0 Å². The molecule has 0 saturated heterocycles. The fourth-order valence-corrected chi connectivity index (χ4v) is 4.45. The lowest BCUT2D eigenvalue weighted by Gasteiger charge is -2.08. The average Bonchev–Trinajstić information content (AvgIpc) is 3.37. The van der Waals surface area contributed by atoms with Gasteiger partial charge in [-0.1, -0.05) is 23.9 Å². The Morgan fingerprint density at radius 1 is 1.11 bits per heavy atom. The zero-order chi connectivity index (χ0) is 19.5. The summed E-state index contributed by atoms with van der Waals surface area (Å²) in [5, 5.41) is 16.1. The molecule has 2 aromatic carbocycles. The lowest BCUT2D eigenvalue weighted by molar-refractivity contribution is 0.415. The van der Waals surface area contributed by atoms with E-state index in [0.29, 0.717) is 5.75 Å². The van der Waals surface area contributed by atoms with Crippen LogP contribution < -0.4 is 4.74 Å². The number of benzene rings is 2. The van der Waals surface area contributed by atoms with Crippen LogP contribution in [0.25, 0.3) is 16.3 Å². The molecule has 0 aliphatic heterocycles. The molecule has 0 radical (unpaired) electrons. The van der Waals surface area contributed by atoms with Crippen LogP contribution in [-0.4, -0.2) is 32.3 Å². The molecule has 0 amide bonds. The molecule has 0 bridgehead atoms. The molecule has 0 aliphatic carbocycles. The van der Waals surface area contributed by atoms with E-state index in [2.05, 4.69) is 53.0 Å². The average molecular weight is 410 g/mol. The third-order valence-corrected chi connectivity index (χ3v) is 6.16. The summed E-state index contributed by atoms with van der Waals surface area (Å²) in [5.74, 6) is 1.55. The SMILES string of the molecule is COc1ccc(-c2nc(CSc3nnnn3-c3cc(C)ccc3C)cs2)cc1. The van der Waals surface area contributed by atoms with Crippen LogP contribution >= 0.6 is 23.1 Å². The third kappa shape index (κ3) is 3.93. The Morgan fingerprint density at radius 2 is 1.93 bits per heavy atom. The van der Waals surface area contributed by atoms with Gasteiger partial charge in [0.05, 0.1) is 18.5 Å². The quantitative estimate of drug-likeness (QED) is 0.430. The Balaban J connectivity index is 1.50. The van der Waals surface area contributed by atoms with E-state index >= 15 is 0 Å². The van der Waals surface area contributed by atoms with E-state index in [1.165, 1.54) is 5.56 Å².